The van der Waals surface area contributed by atoms with Gasteiger partial charge in [-0.25, -0.2) is 4.98 Å². The number of nitrogens with one attached hydrogen (secondary N) is 2. The van der Waals surface area contributed by atoms with Crippen molar-refractivity contribution in [1.82, 2.24) is 40.4 Å². The van der Waals surface area contributed by atoms with Gasteiger partial charge in [0.2, 0.25) is 23.3 Å². The van der Waals surface area contributed by atoms with Gasteiger partial charge in [-0.1, -0.05) is 86.1 Å². The molecular weight excluding hydrogens is 986 g/mol. The fraction of sp³-hybridized carbons (Fsp3) is 0.481. The quantitative estimate of drug-likeness (QED) is 0.0715. The van der Waals surface area contributed by atoms with Crippen molar-refractivity contribution in [3.05, 3.63) is 127 Å². The zero-order chi connectivity index (χ0) is 52.5. The van der Waals surface area contributed by atoms with E-state index >= 15 is 0 Å². The number of carbonyl (C=O) groups is 4. The summed E-state index contributed by atoms with van der Waals surface area (Å²) in [6, 6.07) is 21.8. The standard InChI is InChI=1S/C54H64ClN9O9S/c1-33-48(74-32-57-33)38-8-6-35(7-9-38)29-56-50(67)43-26-41(65)30-63(43)52(69)49(53(3,4)5)58-40-27-54(28-40)18-20-60(21-19-54)44(66)31-72-42-16-12-37(13-17-42)47(36-10-14-39(55)15-11-36)61-22-24-62(25-23-61)51(68)45-46(64(70)71)34(2)73-59-45/h6-17,32,40-41,43,47,49,58,65H,18-31H2,1-5H3,(H,56,67)/t41-,43+,47?,49-/m1/s1. The molecular formula is C54H64ClN9O9S. The maximum absolute atomic E-state index is 14.4. The topological polar surface area (TPSA) is 217 Å². The Balaban J connectivity index is 0.742. The van der Waals surface area contributed by atoms with Gasteiger partial charge >= 0.3 is 5.69 Å². The largest absolute Gasteiger partial charge is 0.484 e. The number of rotatable bonds is 15. The van der Waals surface area contributed by atoms with Crippen LogP contribution < -0.4 is 15.4 Å². The third-order valence-corrected chi connectivity index (χ3v) is 16.5. The zero-order valence-electron chi connectivity index (χ0n) is 42.4. The molecule has 0 radical (unpaired) electrons. The average Bonchev–Trinajstić information content (AvgIpc) is 4.11. The summed E-state index contributed by atoms with van der Waals surface area (Å²) in [6.07, 6.45) is 2.84. The normalized spacial score (nSPS) is 20.0. The molecule has 1 aliphatic carbocycles. The summed E-state index contributed by atoms with van der Waals surface area (Å²) in [5, 5.41) is 33.4. The summed E-state index contributed by atoms with van der Waals surface area (Å²) < 4.78 is 11.0. The molecule has 3 N–H and O–H groups in total. The molecule has 9 rings (SSSR count). The number of nitro groups is 1. The number of nitrogens with zero attached hydrogens (tertiary/aromatic N) is 7. The number of ether oxygens (including phenoxy) is 1. The van der Waals surface area contributed by atoms with Crippen LogP contribution >= 0.6 is 22.9 Å². The fourth-order valence-electron chi connectivity index (χ4n) is 11.1. The number of aryl methyl sites for hydroxylation is 2. The van der Waals surface area contributed by atoms with Crippen molar-refractivity contribution < 1.29 is 38.5 Å². The molecule has 3 aromatic carbocycles. The van der Waals surface area contributed by atoms with E-state index in [-0.39, 0.29) is 66.2 Å². The Labute approximate surface area is 439 Å². The van der Waals surface area contributed by atoms with E-state index in [1.54, 1.807) is 21.1 Å². The van der Waals surface area contributed by atoms with Crippen LogP contribution in [-0.2, 0) is 20.9 Å². The van der Waals surface area contributed by atoms with E-state index in [1.807, 2.05) is 111 Å². The first-order valence-corrected chi connectivity index (χ1v) is 26.5. The number of thiazole rings is 1. The van der Waals surface area contributed by atoms with Gasteiger partial charge in [0, 0.05) is 76.8 Å². The molecule has 3 aliphatic heterocycles. The van der Waals surface area contributed by atoms with Crippen LogP contribution in [0.3, 0.4) is 0 Å². The highest BCUT2D eigenvalue weighted by Gasteiger charge is 2.50. The van der Waals surface area contributed by atoms with Crippen LogP contribution in [0.1, 0.15) is 97.6 Å². The van der Waals surface area contributed by atoms with Gasteiger partial charge in [0.15, 0.2) is 6.61 Å². The van der Waals surface area contributed by atoms with E-state index < -0.39 is 40.1 Å². The molecule has 74 heavy (non-hydrogen) atoms. The number of amides is 4. The number of benzene rings is 3. The second-order valence-electron chi connectivity index (χ2n) is 21.4. The lowest BCUT2D eigenvalue weighted by molar-refractivity contribution is -0.386. The number of hydrogen-bond acceptors (Lipinski definition) is 14. The molecule has 5 heterocycles. The maximum Gasteiger partial charge on any atom is 0.344 e. The minimum atomic E-state index is -0.794. The first-order chi connectivity index (χ1) is 35.4. The number of aliphatic hydroxyl groups is 1. The van der Waals surface area contributed by atoms with Crippen LogP contribution in [0.25, 0.3) is 10.4 Å². The maximum atomic E-state index is 14.4. The van der Waals surface area contributed by atoms with Crippen LogP contribution in [0.15, 0.2) is 82.8 Å². The van der Waals surface area contributed by atoms with Gasteiger partial charge in [0.05, 0.1) is 39.2 Å². The van der Waals surface area contributed by atoms with E-state index in [9.17, 15) is 34.4 Å². The van der Waals surface area contributed by atoms with Gasteiger partial charge in [-0.3, -0.25) is 34.2 Å². The lowest BCUT2D eigenvalue weighted by Crippen LogP contribution is -2.62. The van der Waals surface area contributed by atoms with Crippen LogP contribution in [0.4, 0.5) is 5.69 Å². The molecule has 18 nitrogen and oxygen atoms in total. The van der Waals surface area contributed by atoms with E-state index in [4.69, 9.17) is 20.9 Å². The molecule has 4 amide bonds. The highest BCUT2D eigenvalue weighted by molar-refractivity contribution is 7.13. The van der Waals surface area contributed by atoms with Crippen molar-refractivity contribution in [2.45, 2.75) is 104 Å². The Morgan fingerprint density at radius 3 is 2.19 bits per heavy atom. The molecule has 1 saturated carbocycles. The lowest BCUT2D eigenvalue weighted by atomic mass is 9.60. The predicted octanol–water partition coefficient (Wildman–Crippen LogP) is 6.96. The lowest BCUT2D eigenvalue weighted by Gasteiger charge is -2.54. The number of piperidine rings is 1. The molecule has 2 aromatic heterocycles. The van der Waals surface area contributed by atoms with Crippen molar-refractivity contribution in [1.29, 1.82) is 0 Å². The number of aromatic nitrogens is 2. The summed E-state index contributed by atoms with van der Waals surface area (Å²) >= 11 is 7.86. The van der Waals surface area contributed by atoms with Crippen molar-refractivity contribution in [2.75, 3.05) is 52.4 Å². The fourth-order valence-corrected chi connectivity index (χ4v) is 12.0. The monoisotopic (exact) mass is 1050 g/mol. The predicted molar refractivity (Wildman–Crippen MR) is 279 cm³/mol. The first kappa shape index (κ1) is 52.6. The van der Waals surface area contributed by atoms with E-state index in [2.05, 4.69) is 25.7 Å². The zero-order valence-corrected chi connectivity index (χ0v) is 44.0. The molecule has 5 aromatic rings. The molecule has 1 unspecified atom stereocenters. The number of likely N-dealkylation sites (tertiary alicyclic amines) is 2. The van der Waals surface area contributed by atoms with E-state index in [1.165, 1.54) is 6.92 Å². The summed E-state index contributed by atoms with van der Waals surface area (Å²) in [7, 11) is 0. The SMILES string of the molecule is Cc1ncsc1-c1ccc(CNC(=O)[C@@H]2C[C@@H](O)CN2C(=O)[C@@H](NC2CC3(CCN(C(=O)COc4ccc(C(c5ccc(Cl)cc5)N5CCN(C(=O)c6noc(C)c6[N+](=O)[O-])CC5)cc4)CC3)C2)C(C)(C)C)cc1. The number of β-amino-alcohol motifs (C(OH)–C–C–N with tert-alkyl or cyclic N) is 1. The van der Waals surface area contributed by atoms with Crippen LogP contribution in [0.5, 0.6) is 5.75 Å². The number of aliphatic hydroxyl groups excluding tert-OH is 1. The molecule has 4 atom stereocenters. The summed E-state index contributed by atoms with van der Waals surface area (Å²) in [6.45, 7) is 12.6. The first-order valence-electron chi connectivity index (χ1n) is 25.3. The molecule has 3 saturated heterocycles. The van der Waals surface area contributed by atoms with Crippen LogP contribution in [0, 0.1) is 34.8 Å². The van der Waals surface area contributed by atoms with Gasteiger partial charge in [-0.05, 0) is 90.0 Å². The van der Waals surface area contributed by atoms with Gasteiger partial charge in [0.25, 0.3) is 11.8 Å². The van der Waals surface area contributed by atoms with Gasteiger partial charge in [-0.2, -0.15) is 0 Å². The van der Waals surface area contributed by atoms with Gasteiger partial charge < -0.3 is 39.7 Å². The van der Waals surface area contributed by atoms with Crippen LogP contribution in [-0.4, -0.2) is 140 Å². The molecule has 4 fully saturated rings. The number of carbonyl (C=O) groups excluding carboxylic acids is 4. The Kier molecular flexibility index (Phi) is 15.6. The molecule has 392 valence electrons. The molecule has 1 spiro atoms. The average molecular weight is 1050 g/mol. The minimum Gasteiger partial charge on any atom is -0.484 e. The van der Waals surface area contributed by atoms with Crippen molar-refractivity contribution in [3.8, 4) is 16.2 Å². The Bertz CT molecular complexity index is 2830. The second-order valence-corrected chi connectivity index (χ2v) is 22.7. The summed E-state index contributed by atoms with van der Waals surface area (Å²) in [4.78, 5) is 78.5. The minimum absolute atomic E-state index is 0.0191. The Morgan fingerprint density at radius 1 is 0.932 bits per heavy atom. The number of halogens is 1. The molecule has 0 bridgehead atoms. The van der Waals surface area contributed by atoms with Gasteiger partial charge in [-0.15, -0.1) is 11.3 Å². The second kappa shape index (κ2) is 21.9. The van der Waals surface area contributed by atoms with Crippen molar-refractivity contribution >= 4 is 52.3 Å². The highest BCUT2D eigenvalue weighted by atomic mass is 35.5. The Morgan fingerprint density at radius 2 is 1.58 bits per heavy atom. The smallest absolute Gasteiger partial charge is 0.344 e. The third-order valence-electron chi connectivity index (χ3n) is 15.3. The molecule has 20 heteroatoms. The third kappa shape index (κ3) is 11.5. The number of hydrogen-bond donors (Lipinski definition) is 3. The highest BCUT2D eigenvalue weighted by Crippen LogP contribution is 2.50. The van der Waals surface area contributed by atoms with E-state index in [0.717, 1.165) is 58.5 Å². The van der Waals surface area contributed by atoms with Crippen LogP contribution in [0.2, 0.25) is 5.02 Å². The van der Waals surface area contributed by atoms with Gasteiger partial charge in [0.1, 0.15) is 11.8 Å². The van der Waals surface area contributed by atoms with Crippen molar-refractivity contribution in [2.24, 2.45) is 10.8 Å². The van der Waals surface area contributed by atoms with E-state index in [0.29, 0.717) is 56.6 Å². The molecule has 4 aliphatic rings. The summed E-state index contributed by atoms with van der Waals surface area (Å²) in [5.41, 5.74) is 5.67. The Hall–Kier alpha value is -6.25. The van der Waals surface area contributed by atoms with Crippen molar-refractivity contribution in [3.63, 3.8) is 0 Å². The summed E-state index contributed by atoms with van der Waals surface area (Å²) in [5.74, 6) is -0.556. The number of piperazine rings is 1.